The second-order valence-corrected chi connectivity index (χ2v) is 4.85. The molecule has 0 aromatic heterocycles. The topological polar surface area (TPSA) is 18.5 Å². The molecule has 0 atom stereocenters. The van der Waals surface area contributed by atoms with Crippen LogP contribution in [-0.2, 0) is 9.47 Å². The quantitative estimate of drug-likeness (QED) is 0.741. The van der Waals surface area contributed by atoms with Crippen molar-refractivity contribution in [2.24, 2.45) is 0 Å². The summed E-state index contributed by atoms with van der Waals surface area (Å²) in [5, 5.41) is 0. The first-order valence-corrected chi connectivity index (χ1v) is 5.48. The Morgan fingerprint density at radius 2 is 1.79 bits per heavy atom. The van der Waals surface area contributed by atoms with E-state index in [1.54, 1.807) is 6.26 Å². The van der Waals surface area contributed by atoms with Gasteiger partial charge in [0.15, 0.2) is 5.76 Å². The fourth-order valence-electron chi connectivity index (χ4n) is 1.25. The number of hydrogen-bond acceptors (Lipinski definition) is 2. The monoisotopic (exact) mass is 302 g/mol. The Morgan fingerprint density at radius 1 is 1.14 bits per heavy atom. The van der Waals surface area contributed by atoms with Gasteiger partial charge in [-0.25, -0.2) is 0 Å². The van der Waals surface area contributed by atoms with Crippen molar-refractivity contribution in [3.63, 3.8) is 0 Å². The van der Waals surface area contributed by atoms with Crippen molar-refractivity contribution in [1.29, 1.82) is 0 Å². The molecule has 0 aliphatic carbocycles. The lowest BCUT2D eigenvalue weighted by molar-refractivity contribution is -0.102. The molecule has 1 aliphatic rings. The highest BCUT2D eigenvalue weighted by Crippen LogP contribution is 2.30. The van der Waals surface area contributed by atoms with Gasteiger partial charge in [-0.1, -0.05) is 12.1 Å². The molecule has 1 aromatic carbocycles. The molecule has 0 bridgehead atoms. The Bertz CT molecular complexity index is 365. The Kier molecular flexibility index (Phi) is 2.43. The smallest absolute Gasteiger partial charge is 0.245 e. The lowest BCUT2D eigenvalue weighted by Crippen LogP contribution is -2.19. The number of ether oxygens (including phenoxy) is 2. The molecule has 0 fully saturated rings. The van der Waals surface area contributed by atoms with Crippen LogP contribution in [0.5, 0.6) is 0 Å². The minimum atomic E-state index is -0.529. The summed E-state index contributed by atoms with van der Waals surface area (Å²) in [4.78, 5) is 0. The first kappa shape index (κ1) is 9.83. The van der Waals surface area contributed by atoms with Crippen molar-refractivity contribution in [3.8, 4) is 0 Å². The highest BCUT2D eigenvalue weighted by Gasteiger charge is 2.28. The molecule has 0 saturated carbocycles. The summed E-state index contributed by atoms with van der Waals surface area (Å²) in [5.41, 5.74) is 1.05. The molecule has 0 unspecified atom stereocenters. The second kappa shape index (κ2) is 3.46. The van der Waals surface area contributed by atoms with Gasteiger partial charge in [-0.05, 0) is 34.7 Å². The maximum Gasteiger partial charge on any atom is 0.245 e. The van der Waals surface area contributed by atoms with E-state index in [1.807, 2.05) is 38.1 Å². The van der Waals surface area contributed by atoms with Gasteiger partial charge in [0.1, 0.15) is 6.26 Å². The average Bonchev–Trinajstić information content (AvgIpc) is 2.47. The number of rotatable bonds is 1. The van der Waals surface area contributed by atoms with Crippen LogP contribution in [0.15, 0.2) is 30.5 Å². The van der Waals surface area contributed by atoms with Crippen LogP contribution < -0.4 is 0 Å². The van der Waals surface area contributed by atoms with Crippen LogP contribution in [0, 0.1) is 3.57 Å². The molecule has 2 nitrogen and oxygen atoms in total. The lowest BCUT2D eigenvalue weighted by atomic mass is 10.2. The van der Waals surface area contributed by atoms with Crippen molar-refractivity contribution in [2.75, 3.05) is 0 Å². The number of benzene rings is 1. The van der Waals surface area contributed by atoms with Crippen molar-refractivity contribution >= 4 is 28.4 Å². The van der Waals surface area contributed by atoms with E-state index in [-0.39, 0.29) is 0 Å². The van der Waals surface area contributed by atoms with Gasteiger partial charge in [0, 0.05) is 23.0 Å². The van der Waals surface area contributed by atoms with Gasteiger partial charge in [-0.2, -0.15) is 0 Å². The maximum atomic E-state index is 5.61. The van der Waals surface area contributed by atoms with Crippen LogP contribution in [-0.4, -0.2) is 5.79 Å². The van der Waals surface area contributed by atoms with E-state index >= 15 is 0 Å². The molecule has 0 radical (unpaired) electrons. The minimum Gasteiger partial charge on any atom is -0.457 e. The minimum absolute atomic E-state index is 0.529. The molecule has 74 valence electrons. The van der Waals surface area contributed by atoms with Crippen molar-refractivity contribution in [3.05, 3.63) is 39.7 Å². The number of hydrogen-bond donors (Lipinski definition) is 0. The highest BCUT2D eigenvalue weighted by molar-refractivity contribution is 14.1. The van der Waals surface area contributed by atoms with Crippen LogP contribution in [0.1, 0.15) is 19.4 Å². The summed E-state index contributed by atoms with van der Waals surface area (Å²) in [6, 6.07) is 8.15. The molecule has 0 amide bonds. The SMILES string of the molecule is CC1(C)OC=C(c2ccc(I)cc2)O1. The summed E-state index contributed by atoms with van der Waals surface area (Å²) in [5.74, 6) is 0.268. The Labute approximate surface area is 97.0 Å². The molecule has 3 heteroatoms. The molecule has 1 aromatic rings. The molecule has 2 rings (SSSR count). The average molecular weight is 302 g/mol. The van der Waals surface area contributed by atoms with E-state index in [1.165, 1.54) is 3.57 Å². The first-order valence-electron chi connectivity index (χ1n) is 4.40. The maximum absolute atomic E-state index is 5.61. The Morgan fingerprint density at radius 3 is 2.29 bits per heavy atom. The van der Waals surface area contributed by atoms with Gasteiger partial charge in [0.25, 0.3) is 0 Å². The molecule has 1 heterocycles. The number of halogens is 1. The summed E-state index contributed by atoms with van der Waals surface area (Å²) in [7, 11) is 0. The van der Waals surface area contributed by atoms with Crippen LogP contribution in [0.2, 0.25) is 0 Å². The van der Waals surface area contributed by atoms with E-state index in [2.05, 4.69) is 22.6 Å². The second-order valence-electron chi connectivity index (χ2n) is 3.61. The van der Waals surface area contributed by atoms with Crippen LogP contribution in [0.25, 0.3) is 5.76 Å². The summed E-state index contributed by atoms with van der Waals surface area (Å²) >= 11 is 2.28. The van der Waals surface area contributed by atoms with Crippen LogP contribution in [0.3, 0.4) is 0 Å². The zero-order valence-corrected chi connectivity index (χ0v) is 10.2. The summed E-state index contributed by atoms with van der Waals surface area (Å²) < 4.78 is 12.2. The first-order chi connectivity index (χ1) is 6.57. The Hall–Kier alpha value is -0.710. The van der Waals surface area contributed by atoms with Gasteiger partial charge in [-0.15, -0.1) is 0 Å². The molecule has 0 spiro atoms. The molecule has 0 N–H and O–H groups in total. The molecule has 14 heavy (non-hydrogen) atoms. The van der Waals surface area contributed by atoms with Gasteiger partial charge in [0.05, 0.1) is 0 Å². The normalized spacial score (nSPS) is 18.4. The third kappa shape index (κ3) is 2.03. The zero-order valence-electron chi connectivity index (χ0n) is 8.08. The predicted octanol–water partition coefficient (Wildman–Crippen LogP) is 3.37. The molecule has 0 saturated heterocycles. The van der Waals surface area contributed by atoms with Gasteiger partial charge in [0.2, 0.25) is 5.79 Å². The van der Waals surface area contributed by atoms with Crippen molar-refractivity contribution in [1.82, 2.24) is 0 Å². The third-order valence-electron chi connectivity index (χ3n) is 1.93. The van der Waals surface area contributed by atoms with Crippen LogP contribution >= 0.6 is 22.6 Å². The van der Waals surface area contributed by atoms with E-state index in [0.717, 1.165) is 11.3 Å². The largest absolute Gasteiger partial charge is 0.457 e. The lowest BCUT2D eigenvalue weighted by Gasteiger charge is -2.18. The highest BCUT2D eigenvalue weighted by atomic mass is 127. The fraction of sp³-hybridized carbons (Fsp3) is 0.273. The molecular weight excluding hydrogens is 291 g/mol. The van der Waals surface area contributed by atoms with Crippen molar-refractivity contribution in [2.45, 2.75) is 19.6 Å². The van der Waals surface area contributed by atoms with Crippen LogP contribution in [0.4, 0.5) is 0 Å². The van der Waals surface area contributed by atoms with Gasteiger partial charge in [-0.3, -0.25) is 0 Å². The fourth-order valence-corrected chi connectivity index (χ4v) is 1.61. The van der Waals surface area contributed by atoms with E-state index in [4.69, 9.17) is 9.47 Å². The third-order valence-corrected chi connectivity index (χ3v) is 2.65. The molecular formula is C11H11IO2. The summed E-state index contributed by atoms with van der Waals surface area (Å²) in [6.07, 6.45) is 1.67. The van der Waals surface area contributed by atoms with E-state index in [9.17, 15) is 0 Å². The van der Waals surface area contributed by atoms with Crippen molar-refractivity contribution < 1.29 is 9.47 Å². The standard InChI is InChI=1S/C11H11IO2/c1-11(2)13-7-10(14-11)8-3-5-9(12)6-4-8/h3-7H,1-2H3. The summed E-state index contributed by atoms with van der Waals surface area (Å²) in [6.45, 7) is 3.78. The van der Waals surface area contributed by atoms with E-state index < -0.39 is 5.79 Å². The van der Waals surface area contributed by atoms with Gasteiger partial charge >= 0.3 is 0 Å². The van der Waals surface area contributed by atoms with Gasteiger partial charge < -0.3 is 9.47 Å². The zero-order chi connectivity index (χ0) is 10.2. The molecule has 1 aliphatic heterocycles. The Balaban J connectivity index is 2.22. The van der Waals surface area contributed by atoms with E-state index in [0.29, 0.717) is 0 Å². The predicted molar refractivity (Wildman–Crippen MR) is 63.4 cm³/mol.